The number of fused-ring (bicyclic) bond motifs is 1. The van der Waals surface area contributed by atoms with Gasteiger partial charge >= 0.3 is 5.69 Å². The number of aryl methyl sites for hydroxylation is 2. The topological polar surface area (TPSA) is 78.2 Å². The lowest BCUT2D eigenvalue weighted by atomic mass is 9.98. The molecule has 7 nitrogen and oxygen atoms in total. The van der Waals surface area contributed by atoms with Crippen molar-refractivity contribution in [3.8, 4) is 0 Å². The molecule has 2 heterocycles. The zero-order valence-electron chi connectivity index (χ0n) is 14.5. The molecule has 0 aromatic carbocycles. The number of aromatic nitrogens is 3. The molecule has 1 fully saturated rings. The summed E-state index contributed by atoms with van der Waals surface area (Å²) in [5, 5.41) is 7.18. The van der Waals surface area contributed by atoms with Gasteiger partial charge in [0.1, 0.15) is 5.82 Å². The first-order chi connectivity index (χ1) is 11.6. The quantitative estimate of drug-likeness (QED) is 0.786. The number of hydrogen-bond acceptors (Lipinski definition) is 4. The minimum absolute atomic E-state index is 0.0362. The van der Waals surface area contributed by atoms with E-state index in [0.29, 0.717) is 32.2 Å². The van der Waals surface area contributed by atoms with Crippen LogP contribution < -0.4 is 11.0 Å². The molecule has 7 heteroatoms. The lowest BCUT2D eigenvalue weighted by Crippen LogP contribution is -2.39. The lowest BCUT2D eigenvalue weighted by molar-refractivity contribution is -0.126. The standard InChI is InChI=1S/C17H28N4O3/c1-20-17(23)21-12-13(8-9-15(21)19-20)16(22)18-10-5-11-24-14-6-3-2-4-7-14/h13-14H,2-12H2,1H3,(H,18,22)/t13-/m1/s1. The van der Waals surface area contributed by atoms with Crippen LogP contribution in [0.25, 0.3) is 0 Å². The SMILES string of the molecule is Cn1nc2n(c1=O)C[C@H](C(=O)NCCCOC1CCCCC1)CC2. The predicted molar refractivity (Wildman–Crippen MR) is 89.7 cm³/mol. The summed E-state index contributed by atoms with van der Waals surface area (Å²) in [7, 11) is 1.65. The molecule has 1 saturated carbocycles. The molecule has 1 N–H and O–H groups in total. The van der Waals surface area contributed by atoms with Gasteiger partial charge in [-0.05, 0) is 25.7 Å². The minimum Gasteiger partial charge on any atom is -0.378 e. The molecule has 24 heavy (non-hydrogen) atoms. The van der Waals surface area contributed by atoms with Crippen LogP contribution in [0.1, 0.15) is 50.8 Å². The molecule has 0 unspecified atom stereocenters. The molecule has 1 aliphatic heterocycles. The first kappa shape index (κ1) is 17.2. The Balaban J connectivity index is 1.36. The fraction of sp³-hybridized carbons (Fsp3) is 0.824. The van der Waals surface area contributed by atoms with Crippen molar-refractivity contribution >= 4 is 5.91 Å². The maximum absolute atomic E-state index is 12.3. The lowest BCUT2D eigenvalue weighted by Gasteiger charge is -2.23. The van der Waals surface area contributed by atoms with Gasteiger partial charge in [-0.3, -0.25) is 9.36 Å². The van der Waals surface area contributed by atoms with Crippen LogP contribution in [0.2, 0.25) is 0 Å². The smallest absolute Gasteiger partial charge is 0.345 e. The third kappa shape index (κ3) is 4.06. The van der Waals surface area contributed by atoms with Gasteiger partial charge in [-0.1, -0.05) is 19.3 Å². The molecular formula is C17H28N4O3. The van der Waals surface area contributed by atoms with E-state index in [2.05, 4.69) is 10.4 Å². The molecule has 1 amide bonds. The van der Waals surface area contributed by atoms with Gasteiger partial charge in [0.15, 0.2) is 0 Å². The van der Waals surface area contributed by atoms with E-state index in [1.165, 1.54) is 36.8 Å². The Morgan fingerprint density at radius 1 is 1.29 bits per heavy atom. The highest BCUT2D eigenvalue weighted by Gasteiger charge is 2.27. The highest BCUT2D eigenvalue weighted by atomic mass is 16.5. The van der Waals surface area contributed by atoms with Gasteiger partial charge in [0.2, 0.25) is 5.91 Å². The van der Waals surface area contributed by atoms with E-state index in [0.717, 1.165) is 18.7 Å². The second-order valence-corrected chi connectivity index (χ2v) is 6.94. The first-order valence-corrected chi connectivity index (χ1v) is 9.17. The molecule has 0 bridgehead atoms. The second kappa shape index (κ2) is 7.96. The molecule has 0 spiro atoms. The minimum atomic E-state index is -0.140. The number of amides is 1. The summed E-state index contributed by atoms with van der Waals surface area (Å²) in [6, 6.07) is 0. The Bertz CT molecular complexity index is 616. The second-order valence-electron chi connectivity index (χ2n) is 6.94. The van der Waals surface area contributed by atoms with Crippen molar-refractivity contribution in [3.05, 3.63) is 16.3 Å². The molecule has 3 rings (SSSR count). The van der Waals surface area contributed by atoms with Crippen molar-refractivity contribution in [3.63, 3.8) is 0 Å². The van der Waals surface area contributed by atoms with Crippen molar-refractivity contribution in [2.45, 2.75) is 64.0 Å². The Morgan fingerprint density at radius 2 is 2.08 bits per heavy atom. The maximum atomic E-state index is 12.3. The van der Waals surface area contributed by atoms with E-state index in [9.17, 15) is 9.59 Å². The van der Waals surface area contributed by atoms with Crippen LogP contribution in [0.15, 0.2) is 4.79 Å². The van der Waals surface area contributed by atoms with Crippen LogP contribution in [-0.2, 0) is 29.5 Å². The Hall–Kier alpha value is -1.63. The molecule has 134 valence electrons. The van der Waals surface area contributed by atoms with E-state index in [1.54, 1.807) is 11.6 Å². The van der Waals surface area contributed by atoms with E-state index in [1.807, 2.05) is 0 Å². The fourth-order valence-corrected chi connectivity index (χ4v) is 3.66. The normalized spacial score (nSPS) is 21.5. The Labute approximate surface area is 142 Å². The number of hydrogen-bond donors (Lipinski definition) is 1. The molecule has 1 aliphatic carbocycles. The van der Waals surface area contributed by atoms with Crippen molar-refractivity contribution in [1.29, 1.82) is 0 Å². The zero-order chi connectivity index (χ0) is 16.9. The highest BCUT2D eigenvalue weighted by Crippen LogP contribution is 2.20. The van der Waals surface area contributed by atoms with Crippen LogP contribution >= 0.6 is 0 Å². The zero-order valence-corrected chi connectivity index (χ0v) is 14.5. The molecular weight excluding hydrogens is 308 g/mol. The largest absolute Gasteiger partial charge is 0.378 e. The van der Waals surface area contributed by atoms with Crippen LogP contribution in [0, 0.1) is 5.92 Å². The summed E-state index contributed by atoms with van der Waals surface area (Å²) < 4.78 is 8.84. The summed E-state index contributed by atoms with van der Waals surface area (Å²) in [6.45, 7) is 1.78. The molecule has 0 saturated heterocycles. The summed E-state index contributed by atoms with van der Waals surface area (Å²) in [4.78, 5) is 24.2. The predicted octanol–water partition coefficient (Wildman–Crippen LogP) is 1.000. The summed E-state index contributed by atoms with van der Waals surface area (Å²) in [5.74, 6) is 0.681. The molecule has 2 aliphatic rings. The van der Waals surface area contributed by atoms with Gasteiger partial charge in [-0.25, -0.2) is 9.48 Å². The van der Waals surface area contributed by atoms with Crippen LogP contribution in [0.3, 0.4) is 0 Å². The average Bonchev–Trinajstić information content (AvgIpc) is 2.89. The first-order valence-electron chi connectivity index (χ1n) is 9.17. The van der Waals surface area contributed by atoms with Crippen LogP contribution in [-0.4, -0.2) is 39.5 Å². The molecule has 1 aromatic rings. The number of nitrogens with one attached hydrogen (secondary N) is 1. The van der Waals surface area contributed by atoms with E-state index >= 15 is 0 Å². The summed E-state index contributed by atoms with van der Waals surface area (Å²) in [6.07, 6.45) is 8.93. The third-order valence-electron chi connectivity index (χ3n) is 5.10. The summed E-state index contributed by atoms with van der Waals surface area (Å²) >= 11 is 0. The Morgan fingerprint density at radius 3 is 2.88 bits per heavy atom. The van der Waals surface area contributed by atoms with Gasteiger partial charge in [-0.15, -0.1) is 0 Å². The average molecular weight is 336 g/mol. The number of ether oxygens (including phenoxy) is 1. The van der Waals surface area contributed by atoms with Gasteiger partial charge < -0.3 is 10.1 Å². The van der Waals surface area contributed by atoms with E-state index in [-0.39, 0.29) is 17.5 Å². The Kier molecular flexibility index (Phi) is 5.71. The molecule has 1 aromatic heterocycles. The van der Waals surface area contributed by atoms with Crippen molar-refractivity contribution in [2.24, 2.45) is 13.0 Å². The third-order valence-corrected chi connectivity index (χ3v) is 5.10. The number of nitrogens with zero attached hydrogens (tertiary/aromatic N) is 3. The number of carbonyl (C=O) groups is 1. The highest BCUT2D eigenvalue weighted by molar-refractivity contribution is 5.78. The number of rotatable bonds is 6. The van der Waals surface area contributed by atoms with Gasteiger partial charge in [0.05, 0.1) is 12.0 Å². The van der Waals surface area contributed by atoms with Crippen molar-refractivity contribution < 1.29 is 9.53 Å². The van der Waals surface area contributed by atoms with Crippen molar-refractivity contribution in [1.82, 2.24) is 19.7 Å². The van der Waals surface area contributed by atoms with Crippen LogP contribution in [0.4, 0.5) is 0 Å². The number of carbonyl (C=O) groups excluding carboxylic acids is 1. The fourth-order valence-electron chi connectivity index (χ4n) is 3.66. The molecule has 0 radical (unpaired) electrons. The molecule has 1 atom stereocenters. The van der Waals surface area contributed by atoms with E-state index < -0.39 is 0 Å². The van der Waals surface area contributed by atoms with Gasteiger partial charge in [0, 0.05) is 33.2 Å². The van der Waals surface area contributed by atoms with Gasteiger partial charge in [0.25, 0.3) is 0 Å². The van der Waals surface area contributed by atoms with Crippen LogP contribution in [0.5, 0.6) is 0 Å². The van der Waals surface area contributed by atoms with Gasteiger partial charge in [-0.2, -0.15) is 5.10 Å². The maximum Gasteiger partial charge on any atom is 0.345 e. The summed E-state index contributed by atoms with van der Waals surface area (Å²) in [5.41, 5.74) is -0.136. The van der Waals surface area contributed by atoms with Crippen molar-refractivity contribution in [2.75, 3.05) is 13.2 Å². The monoisotopic (exact) mass is 336 g/mol. The van der Waals surface area contributed by atoms with E-state index in [4.69, 9.17) is 4.74 Å².